The van der Waals surface area contributed by atoms with E-state index in [4.69, 9.17) is 9.15 Å². The highest BCUT2D eigenvalue weighted by Gasteiger charge is 2.23. The van der Waals surface area contributed by atoms with E-state index in [9.17, 15) is 22.8 Å². The van der Waals surface area contributed by atoms with E-state index in [1.165, 1.54) is 19.3 Å². The van der Waals surface area contributed by atoms with Gasteiger partial charge in [0.2, 0.25) is 0 Å². The minimum Gasteiger partial charge on any atom is -0.484 e. The van der Waals surface area contributed by atoms with Gasteiger partial charge in [-0.05, 0) is 30.7 Å². The van der Waals surface area contributed by atoms with Crippen molar-refractivity contribution in [3.63, 3.8) is 0 Å². The summed E-state index contributed by atoms with van der Waals surface area (Å²) in [4.78, 5) is 35.6. The van der Waals surface area contributed by atoms with Crippen LogP contribution in [0.3, 0.4) is 0 Å². The molecule has 0 radical (unpaired) electrons. The fourth-order valence-electron chi connectivity index (χ4n) is 2.95. The van der Waals surface area contributed by atoms with Crippen molar-refractivity contribution >= 4 is 32.7 Å². The molecular weight excluding hydrogens is 402 g/mol. The van der Waals surface area contributed by atoms with Gasteiger partial charge in [0.15, 0.2) is 16.4 Å². The number of benzene rings is 1. The number of hydrogen-bond donors (Lipinski definition) is 1. The van der Waals surface area contributed by atoms with Crippen LogP contribution < -0.4 is 15.7 Å². The van der Waals surface area contributed by atoms with Crippen molar-refractivity contribution in [2.75, 3.05) is 19.5 Å². The summed E-state index contributed by atoms with van der Waals surface area (Å²) in [5.74, 6) is -0.906. The lowest BCUT2D eigenvalue weighted by molar-refractivity contribution is -0.139. The van der Waals surface area contributed by atoms with Gasteiger partial charge < -0.3 is 19.2 Å². The van der Waals surface area contributed by atoms with E-state index in [1.54, 1.807) is 19.1 Å². The van der Waals surface area contributed by atoms with Crippen LogP contribution in [0.5, 0.6) is 5.75 Å². The van der Waals surface area contributed by atoms with Crippen molar-refractivity contribution in [3.8, 4) is 5.75 Å². The number of amides is 1. The minimum atomic E-state index is -3.26. The topological polar surface area (TPSA) is 129 Å². The fraction of sp³-hybridized carbons (Fsp3) is 0.316. The van der Waals surface area contributed by atoms with Crippen LogP contribution in [0.15, 0.2) is 38.9 Å². The lowest BCUT2D eigenvalue weighted by atomic mass is 10.0. The number of rotatable bonds is 6. The van der Waals surface area contributed by atoms with Crippen molar-refractivity contribution in [2.45, 2.75) is 19.4 Å². The molecule has 1 atom stereocenters. The molecule has 0 saturated carbocycles. The fourth-order valence-corrected chi connectivity index (χ4v) is 4.18. The number of ether oxygens (including phenoxy) is 2. The summed E-state index contributed by atoms with van der Waals surface area (Å²) in [7, 11) is -2.02. The van der Waals surface area contributed by atoms with Gasteiger partial charge in [-0.1, -0.05) is 0 Å². The lowest BCUT2D eigenvalue weighted by Gasteiger charge is -2.12. The molecular formula is C19H19NO8S. The summed E-state index contributed by atoms with van der Waals surface area (Å²) in [6.07, 6.45) is 1.22. The summed E-state index contributed by atoms with van der Waals surface area (Å²) in [5.41, 5.74) is 0.422. The molecule has 154 valence electrons. The number of nitrogens with one attached hydrogen (secondary N) is 1. The van der Waals surface area contributed by atoms with Crippen molar-refractivity contribution in [3.05, 3.63) is 51.2 Å². The van der Waals surface area contributed by atoms with Crippen molar-refractivity contribution in [2.24, 2.45) is 0 Å². The average Bonchev–Trinajstić information content (AvgIpc) is 3.01. The second-order valence-corrected chi connectivity index (χ2v) is 8.46. The molecule has 1 N–H and O–H groups in total. The largest absolute Gasteiger partial charge is 0.484 e. The molecule has 29 heavy (non-hydrogen) atoms. The Kier molecular flexibility index (Phi) is 5.73. The number of carbonyl (C=O) groups is 2. The zero-order valence-corrected chi connectivity index (χ0v) is 16.6. The zero-order valence-electron chi connectivity index (χ0n) is 15.8. The molecule has 1 amide bonds. The van der Waals surface area contributed by atoms with Crippen molar-refractivity contribution < 1.29 is 31.9 Å². The summed E-state index contributed by atoms with van der Waals surface area (Å²) >= 11 is 0. The highest BCUT2D eigenvalue weighted by molar-refractivity contribution is 7.94. The number of methoxy groups -OCH3 is 1. The third-order valence-electron chi connectivity index (χ3n) is 4.45. The SMILES string of the molecule is COC(=O)Cc1c(C)c2ccc(OCC(=O)N[C@@H]3C=CS(=O)(=O)C3)cc2oc1=O. The minimum absolute atomic E-state index is 0.174. The first-order valence-electron chi connectivity index (χ1n) is 8.65. The number of sulfone groups is 1. The maximum atomic E-state index is 12.2. The average molecular weight is 421 g/mol. The molecule has 10 heteroatoms. The predicted octanol–water partition coefficient (Wildman–Crippen LogP) is 0.623. The molecule has 1 aliphatic rings. The van der Waals surface area contributed by atoms with Crippen LogP contribution >= 0.6 is 0 Å². The van der Waals surface area contributed by atoms with E-state index in [-0.39, 0.29) is 29.9 Å². The molecule has 1 aromatic heterocycles. The first kappa shape index (κ1) is 20.6. The first-order valence-corrected chi connectivity index (χ1v) is 10.4. The second-order valence-electron chi connectivity index (χ2n) is 6.52. The Morgan fingerprint density at radius 1 is 1.31 bits per heavy atom. The Bertz CT molecular complexity index is 1160. The molecule has 0 aliphatic carbocycles. The molecule has 0 fully saturated rings. The van der Waals surface area contributed by atoms with Crippen LogP contribution in [-0.4, -0.2) is 45.8 Å². The van der Waals surface area contributed by atoms with E-state index < -0.39 is 33.4 Å². The van der Waals surface area contributed by atoms with Gasteiger partial charge in [0, 0.05) is 16.9 Å². The van der Waals surface area contributed by atoms with E-state index in [1.807, 2.05) is 0 Å². The molecule has 9 nitrogen and oxygen atoms in total. The zero-order chi connectivity index (χ0) is 21.2. The lowest BCUT2D eigenvalue weighted by Crippen LogP contribution is -2.38. The van der Waals surface area contributed by atoms with Gasteiger partial charge in [0.1, 0.15) is 11.3 Å². The van der Waals surface area contributed by atoms with Gasteiger partial charge in [-0.2, -0.15) is 0 Å². The van der Waals surface area contributed by atoms with Crippen LogP contribution in [0.2, 0.25) is 0 Å². The number of aryl methyl sites for hydroxylation is 1. The summed E-state index contributed by atoms with van der Waals surface area (Å²) in [6.45, 7) is 1.37. The van der Waals surface area contributed by atoms with Crippen LogP contribution in [-0.2, 0) is 30.6 Å². The molecule has 2 heterocycles. The Morgan fingerprint density at radius 3 is 2.72 bits per heavy atom. The molecule has 1 aliphatic heterocycles. The normalized spacial score (nSPS) is 17.2. The Labute approximate surface area is 166 Å². The highest BCUT2D eigenvalue weighted by Crippen LogP contribution is 2.24. The first-order chi connectivity index (χ1) is 13.7. The number of hydrogen-bond acceptors (Lipinski definition) is 8. The van der Waals surface area contributed by atoms with E-state index in [0.29, 0.717) is 16.7 Å². The van der Waals surface area contributed by atoms with E-state index >= 15 is 0 Å². The monoisotopic (exact) mass is 421 g/mol. The van der Waals surface area contributed by atoms with Gasteiger partial charge in [-0.25, -0.2) is 13.2 Å². The highest BCUT2D eigenvalue weighted by atomic mass is 32.2. The van der Waals surface area contributed by atoms with Crippen LogP contribution in [0, 0.1) is 6.92 Å². The van der Waals surface area contributed by atoms with E-state index in [2.05, 4.69) is 10.1 Å². The second kappa shape index (κ2) is 8.08. The Morgan fingerprint density at radius 2 is 2.07 bits per heavy atom. The smallest absolute Gasteiger partial charge is 0.340 e. The molecule has 0 spiro atoms. The van der Waals surface area contributed by atoms with Crippen molar-refractivity contribution in [1.82, 2.24) is 5.32 Å². The number of fused-ring (bicyclic) bond motifs is 1. The molecule has 2 aromatic rings. The molecule has 0 unspecified atom stereocenters. The summed E-state index contributed by atoms with van der Waals surface area (Å²) in [5, 5.41) is 4.24. The van der Waals surface area contributed by atoms with Crippen LogP contribution in [0.4, 0.5) is 0 Å². The Hall–Kier alpha value is -3.14. The summed E-state index contributed by atoms with van der Waals surface area (Å²) < 4.78 is 38.0. The van der Waals surface area contributed by atoms with E-state index in [0.717, 1.165) is 5.41 Å². The van der Waals surface area contributed by atoms with Gasteiger partial charge in [-0.3, -0.25) is 9.59 Å². The predicted molar refractivity (Wildman–Crippen MR) is 103 cm³/mol. The molecule has 1 aromatic carbocycles. The quantitative estimate of drug-likeness (QED) is 0.531. The van der Waals surface area contributed by atoms with Gasteiger partial charge in [0.05, 0.1) is 30.9 Å². The maximum absolute atomic E-state index is 12.2. The Balaban J connectivity index is 1.70. The third-order valence-corrected chi connectivity index (χ3v) is 5.85. The van der Waals surface area contributed by atoms with Crippen LogP contribution in [0.1, 0.15) is 11.1 Å². The molecule has 3 rings (SSSR count). The standard InChI is InChI=1S/C19H19NO8S/c1-11-14-4-3-13(7-16(14)28-19(23)15(11)8-18(22)26-2)27-9-17(21)20-12-5-6-29(24,25)10-12/h3-7,12H,8-10H2,1-2H3,(H,20,21)/t12-/m1/s1. The number of carbonyl (C=O) groups excluding carboxylic acids is 2. The van der Waals surface area contributed by atoms with Crippen molar-refractivity contribution in [1.29, 1.82) is 0 Å². The van der Waals surface area contributed by atoms with Gasteiger partial charge in [0.25, 0.3) is 5.91 Å². The maximum Gasteiger partial charge on any atom is 0.340 e. The molecule has 0 saturated heterocycles. The summed E-state index contributed by atoms with van der Waals surface area (Å²) in [6, 6.07) is 4.15. The van der Waals surface area contributed by atoms with Gasteiger partial charge >= 0.3 is 11.6 Å². The van der Waals surface area contributed by atoms with Gasteiger partial charge in [-0.15, -0.1) is 0 Å². The molecule has 0 bridgehead atoms. The van der Waals surface area contributed by atoms with Crippen LogP contribution in [0.25, 0.3) is 11.0 Å². The number of esters is 1. The third kappa shape index (κ3) is 4.83.